The zero-order valence-corrected chi connectivity index (χ0v) is 12.4. The molecular formula is C15H21N3S. The van der Waals surface area contributed by atoms with Gasteiger partial charge in [0.2, 0.25) is 0 Å². The maximum absolute atomic E-state index is 6.30. The van der Waals surface area contributed by atoms with Gasteiger partial charge in [0.05, 0.1) is 10.6 Å². The lowest BCUT2D eigenvalue weighted by atomic mass is 10.0. The number of nitrogens with two attached hydrogens (primary N) is 1. The van der Waals surface area contributed by atoms with Crippen LogP contribution in [0.3, 0.4) is 0 Å². The fourth-order valence-electron chi connectivity index (χ4n) is 2.17. The van der Waals surface area contributed by atoms with E-state index in [2.05, 4.69) is 47.7 Å². The molecule has 1 aromatic heterocycles. The summed E-state index contributed by atoms with van der Waals surface area (Å²) in [4.78, 5) is 1.14. The van der Waals surface area contributed by atoms with Crippen LogP contribution in [0, 0.1) is 0 Å². The normalized spacial score (nSPS) is 12.6. The average molecular weight is 275 g/mol. The second kappa shape index (κ2) is 6.78. The number of rotatable bonds is 6. The van der Waals surface area contributed by atoms with Crippen molar-refractivity contribution in [3.8, 4) is 0 Å². The van der Waals surface area contributed by atoms with E-state index in [1.54, 1.807) is 0 Å². The molecule has 1 unspecified atom stereocenters. The van der Waals surface area contributed by atoms with Gasteiger partial charge in [-0.1, -0.05) is 49.0 Å². The first-order valence-corrected chi connectivity index (χ1v) is 7.66. The molecule has 4 heteroatoms. The molecule has 102 valence electrons. The minimum atomic E-state index is 0.00836. The molecule has 19 heavy (non-hydrogen) atoms. The topological polar surface area (TPSA) is 51.8 Å². The van der Waals surface area contributed by atoms with Crippen LogP contribution in [0.25, 0.3) is 0 Å². The van der Waals surface area contributed by atoms with Crippen LogP contribution in [0.15, 0.2) is 24.3 Å². The molecule has 0 radical (unpaired) electrons. The molecule has 1 atom stereocenters. The van der Waals surface area contributed by atoms with Gasteiger partial charge < -0.3 is 5.73 Å². The van der Waals surface area contributed by atoms with Crippen molar-refractivity contribution in [1.82, 2.24) is 9.59 Å². The monoisotopic (exact) mass is 275 g/mol. The molecule has 0 amide bonds. The van der Waals surface area contributed by atoms with E-state index < -0.39 is 0 Å². The molecule has 3 nitrogen and oxygen atoms in total. The van der Waals surface area contributed by atoms with Crippen LogP contribution in [0.5, 0.6) is 0 Å². The van der Waals surface area contributed by atoms with E-state index in [1.807, 2.05) is 0 Å². The minimum absolute atomic E-state index is 0.00836. The van der Waals surface area contributed by atoms with Crippen molar-refractivity contribution in [1.29, 1.82) is 0 Å². The van der Waals surface area contributed by atoms with Gasteiger partial charge in [0.25, 0.3) is 0 Å². The fraction of sp³-hybridized carbons (Fsp3) is 0.467. The molecule has 2 aromatic rings. The number of hydrogen-bond acceptors (Lipinski definition) is 4. The second-order valence-electron chi connectivity index (χ2n) is 4.81. The van der Waals surface area contributed by atoms with E-state index >= 15 is 0 Å². The number of nitrogens with zero attached hydrogens (tertiary/aromatic N) is 2. The summed E-state index contributed by atoms with van der Waals surface area (Å²) >= 11 is 1.44. The van der Waals surface area contributed by atoms with E-state index in [-0.39, 0.29) is 6.04 Å². The van der Waals surface area contributed by atoms with E-state index in [4.69, 9.17) is 5.73 Å². The number of benzene rings is 1. The van der Waals surface area contributed by atoms with Gasteiger partial charge in [-0.2, -0.15) is 0 Å². The van der Waals surface area contributed by atoms with Crippen molar-refractivity contribution in [2.24, 2.45) is 5.73 Å². The van der Waals surface area contributed by atoms with Gasteiger partial charge in [-0.25, -0.2) is 0 Å². The Hall–Kier alpha value is -1.26. The van der Waals surface area contributed by atoms with Gasteiger partial charge in [0.1, 0.15) is 0 Å². The third-order valence-corrected chi connectivity index (χ3v) is 4.19. The Balaban J connectivity index is 2.06. The SMILES string of the molecule is CCCc1nnsc1C(N)Cc1ccc(CC)cc1. The van der Waals surface area contributed by atoms with Crippen molar-refractivity contribution in [3.63, 3.8) is 0 Å². The zero-order chi connectivity index (χ0) is 13.7. The molecule has 0 saturated carbocycles. The highest BCUT2D eigenvalue weighted by atomic mass is 32.1. The number of aromatic nitrogens is 2. The van der Waals surface area contributed by atoms with E-state index in [9.17, 15) is 0 Å². The van der Waals surface area contributed by atoms with Gasteiger partial charge in [-0.15, -0.1) is 5.10 Å². The molecule has 0 bridgehead atoms. The minimum Gasteiger partial charge on any atom is -0.323 e. The van der Waals surface area contributed by atoms with Crippen molar-refractivity contribution >= 4 is 11.5 Å². The standard InChI is InChI=1S/C15H21N3S/c1-3-5-14-15(19-18-17-14)13(16)10-12-8-6-11(4-2)7-9-12/h6-9,13H,3-5,10,16H2,1-2H3. The Kier molecular flexibility index (Phi) is 5.05. The smallest absolute Gasteiger partial charge is 0.0803 e. The van der Waals surface area contributed by atoms with Gasteiger partial charge >= 0.3 is 0 Å². The van der Waals surface area contributed by atoms with Gasteiger partial charge in [-0.3, -0.25) is 0 Å². The molecule has 0 aliphatic carbocycles. The third-order valence-electron chi connectivity index (χ3n) is 3.30. The summed E-state index contributed by atoms with van der Waals surface area (Å²) in [6.45, 7) is 4.32. The molecule has 1 aromatic carbocycles. The Morgan fingerprint density at radius 2 is 1.84 bits per heavy atom. The molecule has 0 saturated heterocycles. The third kappa shape index (κ3) is 3.61. The van der Waals surface area contributed by atoms with Crippen LogP contribution in [0.4, 0.5) is 0 Å². The lowest BCUT2D eigenvalue weighted by Gasteiger charge is -2.11. The lowest BCUT2D eigenvalue weighted by molar-refractivity contribution is 0.714. The Bertz CT molecular complexity index is 504. The summed E-state index contributed by atoms with van der Waals surface area (Å²) in [6.07, 6.45) is 3.97. The van der Waals surface area contributed by atoms with Crippen molar-refractivity contribution < 1.29 is 0 Å². The van der Waals surface area contributed by atoms with Crippen LogP contribution in [0.1, 0.15) is 48.0 Å². The highest BCUT2D eigenvalue weighted by Crippen LogP contribution is 2.23. The summed E-state index contributed by atoms with van der Waals surface area (Å²) in [5, 5.41) is 4.18. The summed E-state index contributed by atoms with van der Waals surface area (Å²) in [5.74, 6) is 0. The maximum Gasteiger partial charge on any atom is 0.0803 e. The first kappa shape index (κ1) is 14.2. The molecule has 1 heterocycles. The zero-order valence-electron chi connectivity index (χ0n) is 11.6. The summed E-state index contributed by atoms with van der Waals surface area (Å²) in [5.41, 5.74) is 10.0. The number of hydrogen-bond donors (Lipinski definition) is 1. The highest BCUT2D eigenvalue weighted by molar-refractivity contribution is 7.05. The average Bonchev–Trinajstić information content (AvgIpc) is 2.88. The second-order valence-corrected chi connectivity index (χ2v) is 5.60. The Morgan fingerprint density at radius 3 is 2.47 bits per heavy atom. The van der Waals surface area contributed by atoms with Crippen molar-refractivity contribution in [3.05, 3.63) is 46.0 Å². The first-order valence-electron chi connectivity index (χ1n) is 6.89. The van der Waals surface area contributed by atoms with Crippen LogP contribution < -0.4 is 5.73 Å². The van der Waals surface area contributed by atoms with Crippen molar-refractivity contribution in [2.45, 2.75) is 45.6 Å². The first-order chi connectivity index (χ1) is 9.24. The van der Waals surface area contributed by atoms with Crippen LogP contribution in [-0.2, 0) is 19.3 Å². The molecule has 0 aliphatic heterocycles. The van der Waals surface area contributed by atoms with Gasteiger partial charge in [0.15, 0.2) is 0 Å². The predicted molar refractivity (Wildman–Crippen MR) is 80.4 cm³/mol. The Morgan fingerprint density at radius 1 is 1.16 bits per heavy atom. The lowest BCUT2D eigenvalue weighted by Crippen LogP contribution is -2.14. The summed E-state index contributed by atoms with van der Waals surface area (Å²) in [6, 6.07) is 8.72. The van der Waals surface area contributed by atoms with Crippen LogP contribution >= 0.6 is 11.5 Å². The molecule has 0 aliphatic rings. The summed E-state index contributed by atoms with van der Waals surface area (Å²) in [7, 11) is 0. The Labute approximate surface area is 119 Å². The van der Waals surface area contributed by atoms with Crippen LogP contribution in [0.2, 0.25) is 0 Å². The largest absolute Gasteiger partial charge is 0.323 e. The molecule has 2 rings (SSSR count). The van der Waals surface area contributed by atoms with Gasteiger partial charge in [0, 0.05) is 6.04 Å². The maximum atomic E-state index is 6.30. The van der Waals surface area contributed by atoms with Gasteiger partial charge in [-0.05, 0) is 41.9 Å². The molecule has 0 fully saturated rings. The quantitative estimate of drug-likeness (QED) is 0.880. The predicted octanol–water partition coefficient (Wildman–Crippen LogP) is 3.30. The van der Waals surface area contributed by atoms with E-state index in [0.29, 0.717) is 0 Å². The van der Waals surface area contributed by atoms with Crippen LogP contribution in [-0.4, -0.2) is 9.59 Å². The fourth-order valence-corrected chi connectivity index (χ4v) is 2.86. The molecule has 2 N–H and O–H groups in total. The van der Waals surface area contributed by atoms with E-state index in [0.717, 1.165) is 36.3 Å². The number of aryl methyl sites for hydroxylation is 2. The highest BCUT2D eigenvalue weighted by Gasteiger charge is 2.15. The van der Waals surface area contributed by atoms with E-state index in [1.165, 1.54) is 22.7 Å². The molecule has 0 spiro atoms. The molecular weight excluding hydrogens is 254 g/mol. The summed E-state index contributed by atoms with van der Waals surface area (Å²) < 4.78 is 4.04. The van der Waals surface area contributed by atoms with Crippen molar-refractivity contribution in [2.75, 3.05) is 0 Å².